The summed E-state index contributed by atoms with van der Waals surface area (Å²) in [6.45, 7) is 9.83. The van der Waals surface area contributed by atoms with E-state index < -0.39 is 5.97 Å². The van der Waals surface area contributed by atoms with Crippen LogP contribution in [0.1, 0.15) is 26.7 Å². The van der Waals surface area contributed by atoms with Crippen LogP contribution in [0.25, 0.3) is 0 Å². The van der Waals surface area contributed by atoms with E-state index in [1.165, 1.54) is 0 Å². The van der Waals surface area contributed by atoms with Crippen molar-refractivity contribution >= 4 is 5.97 Å². The molecule has 0 rings (SSSR count). The molecule has 0 saturated carbocycles. The van der Waals surface area contributed by atoms with E-state index in [0.717, 1.165) is 12.8 Å². The van der Waals surface area contributed by atoms with Crippen molar-refractivity contribution in [2.24, 2.45) is 0 Å². The smallest absolute Gasteiger partial charge is 0.335 e. The molecule has 6 nitrogen and oxygen atoms in total. The third-order valence-electron chi connectivity index (χ3n) is 2.58. The standard InChI is InChI=1S/C15H28O6/c1-5-6-7-21-15(16)13(2)12-19-9-8-18-10-11-20-14(3)17-4/h14H,2,5-12H2,1,3-4H3. The Hall–Kier alpha value is -0.950. The number of hydrogen-bond donors (Lipinski definition) is 0. The third kappa shape index (κ3) is 12.5. The van der Waals surface area contributed by atoms with Crippen LogP contribution >= 0.6 is 0 Å². The summed E-state index contributed by atoms with van der Waals surface area (Å²) in [6, 6.07) is 0. The molecule has 0 saturated heterocycles. The monoisotopic (exact) mass is 304 g/mol. The van der Waals surface area contributed by atoms with E-state index in [9.17, 15) is 4.79 Å². The maximum Gasteiger partial charge on any atom is 0.335 e. The number of methoxy groups -OCH3 is 1. The van der Waals surface area contributed by atoms with Crippen molar-refractivity contribution in [1.29, 1.82) is 0 Å². The lowest BCUT2D eigenvalue weighted by Crippen LogP contribution is -2.17. The van der Waals surface area contributed by atoms with E-state index in [-0.39, 0.29) is 12.9 Å². The van der Waals surface area contributed by atoms with Crippen LogP contribution in [0.15, 0.2) is 12.2 Å². The second-order valence-electron chi connectivity index (χ2n) is 4.43. The molecule has 1 atom stereocenters. The van der Waals surface area contributed by atoms with Gasteiger partial charge in [-0.3, -0.25) is 0 Å². The van der Waals surface area contributed by atoms with Crippen molar-refractivity contribution in [2.45, 2.75) is 33.0 Å². The fourth-order valence-corrected chi connectivity index (χ4v) is 1.23. The van der Waals surface area contributed by atoms with Gasteiger partial charge in [-0.15, -0.1) is 0 Å². The summed E-state index contributed by atoms with van der Waals surface area (Å²) in [6.07, 6.45) is 1.62. The largest absolute Gasteiger partial charge is 0.462 e. The summed E-state index contributed by atoms with van der Waals surface area (Å²) < 4.78 is 25.8. The first-order chi connectivity index (χ1) is 10.1. The van der Waals surface area contributed by atoms with Gasteiger partial charge in [0, 0.05) is 7.11 Å². The Morgan fingerprint density at radius 2 is 1.76 bits per heavy atom. The van der Waals surface area contributed by atoms with Crippen molar-refractivity contribution in [3.05, 3.63) is 12.2 Å². The Morgan fingerprint density at radius 3 is 2.43 bits per heavy atom. The number of carbonyl (C=O) groups is 1. The van der Waals surface area contributed by atoms with Gasteiger partial charge >= 0.3 is 5.97 Å². The minimum atomic E-state index is -0.397. The molecule has 0 aliphatic heterocycles. The van der Waals surface area contributed by atoms with Crippen LogP contribution in [-0.2, 0) is 28.5 Å². The Bertz CT molecular complexity index is 279. The van der Waals surface area contributed by atoms with E-state index in [1.54, 1.807) is 7.11 Å². The van der Waals surface area contributed by atoms with Gasteiger partial charge in [-0.05, 0) is 13.3 Å². The fraction of sp³-hybridized carbons (Fsp3) is 0.800. The lowest BCUT2D eigenvalue weighted by atomic mass is 10.3. The van der Waals surface area contributed by atoms with Crippen LogP contribution in [-0.4, -0.2) is 59.0 Å². The Morgan fingerprint density at radius 1 is 1.10 bits per heavy atom. The maximum absolute atomic E-state index is 11.5. The Kier molecular flexibility index (Phi) is 13.4. The number of esters is 1. The number of carbonyl (C=O) groups excluding carboxylic acids is 1. The molecule has 0 aromatic carbocycles. The van der Waals surface area contributed by atoms with Crippen molar-refractivity contribution in [3.8, 4) is 0 Å². The molecule has 0 fully saturated rings. The van der Waals surface area contributed by atoms with Crippen molar-refractivity contribution in [2.75, 3.05) is 46.8 Å². The number of ether oxygens (including phenoxy) is 5. The number of rotatable bonds is 14. The molecule has 0 aliphatic carbocycles. The lowest BCUT2D eigenvalue weighted by molar-refractivity contribution is -0.139. The molecule has 124 valence electrons. The molecule has 1 unspecified atom stereocenters. The van der Waals surface area contributed by atoms with Crippen LogP contribution < -0.4 is 0 Å². The van der Waals surface area contributed by atoms with Gasteiger partial charge in [0.1, 0.15) is 0 Å². The molecule has 6 heteroatoms. The molecule has 0 heterocycles. The topological polar surface area (TPSA) is 63.2 Å². The first-order valence-electron chi connectivity index (χ1n) is 7.26. The molecule has 0 spiro atoms. The number of hydrogen-bond acceptors (Lipinski definition) is 6. The fourth-order valence-electron chi connectivity index (χ4n) is 1.23. The first kappa shape index (κ1) is 20.1. The van der Waals surface area contributed by atoms with E-state index in [2.05, 4.69) is 6.58 Å². The van der Waals surface area contributed by atoms with E-state index in [1.807, 2.05) is 13.8 Å². The minimum Gasteiger partial charge on any atom is -0.462 e. The zero-order chi connectivity index (χ0) is 15.9. The average Bonchev–Trinajstić information content (AvgIpc) is 2.49. The SMILES string of the molecule is C=C(COCCOCCOC(C)OC)C(=O)OCCCC. The summed E-state index contributed by atoms with van der Waals surface area (Å²) in [5.41, 5.74) is 0.323. The van der Waals surface area contributed by atoms with Gasteiger partial charge in [-0.2, -0.15) is 0 Å². The second kappa shape index (κ2) is 14.0. The van der Waals surface area contributed by atoms with Crippen molar-refractivity contribution < 1.29 is 28.5 Å². The predicted octanol–water partition coefficient (Wildman–Crippen LogP) is 1.93. The summed E-state index contributed by atoms with van der Waals surface area (Å²) in [5.74, 6) is -0.397. The van der Waals surface area contributed by atoms with E-state index >= 15 is 0 Å². The zero-order valence-electron chi connectivity index (χ0n) is 13.4. The van der Waals surface area contributed by atoms with Crippen LogP contribution in [0, 0.1) is 0 Å². The Balaban J connectivity index is 3.37. The first-order valence-corrected chi connectivity index (χ1v) is 7.26. The normalized spacial score (nSPS) is 12.1. The van der Waals surface area contributed by atoms with Gasteiger partial charge < -0.3 is 23.7 Å². The van der Waals surface area contributed by atoms with Crippen LogP contribution in [0.5, 0.6) is 0 Å². The van der Waals surface area contributed by atoms with Gasteiger partial charge in [0.15, 0.2) is 6.29 Å². The average molecular weight is 304 g/mol. The van der Waals surface area contributed by atoms with Gasteiger partial charge in [-0.25, -0.2) is 4.79 Å². The van der Waals surface area contributed by atoms with Crippen molar-refractivity contribution in [3.63, 3.8) is 0 Å². The highest BCUT2D eigenvalue weighted by Gasteiger charge is 2.08. The highest BCUT2D eigenvalue weighted by Crippen LogP contribution is 1.98. The predicted molar refractivity (Wildman–Crippen MR) is 79.1 cm³/mol. The third-order valence-corrected chi connectivity index (χ3v) is 2.58. The maximum atomic E-state index is 11.5. The van der Waals surface area contributed by atoms with Crippen molar-refractivity contribution in [1.82, 2.24) is 0 Å². The van der Waals surface area contributed by atoms with Crippen LogP contribution in [0.2, 0.25) is 0 Å². The lowest BCUT2D eigenvalue weighted by Gasteiger charge is -2.11. The molecule has 0 radical (unpaired) electrons. The molecular weight excluding hydrogens is 276 g/mol. The Labute approximate surface area is 127 Å². The second-order valence-corrected chi connectivity index (χ2v) is 4.43. The van der Waals surface area contributed by atoms with E-state index in [4.69, 9.17) is 23.7 Å². The molecular formula is C15H28O6. The summed E-state index contributed by atoms with van der Waals surface area (Å²) in [7, 11) is 1.58. The van der Waals surface area contributed by atoms with Gasteiger partial charge in [-0.1, -0.05) is 19.9 Å². The van der Waals surface area contributed by atoms with Gasteiger partial charge in [0.2, 0.25) is 0 Å². The molecule has 0 amide bonds. The molecule has 0 bridgehead atoms. The van der Waals surface area contributed by atoms with E-state index in [0.29, 0.717) is 38.6 Å². The van der Waals surface area contributed by atoms with Crippen LogP contribution in [0.4, 0.5) is 0 Å². The molecule has 21 heavy (non-hydrogen) atoms. The molecule has 0 N–H and O–H groups in total. The summed E-state index contributed by atoms with van der Waals surface area (Å²) in [5, 5.41) is 0. The number of unbranched alkanes of at least 4 members (excludes halogenated alkanes) is 1. The highest BCUT2D eigenvalue weighted by molar-refractivity contribution is 5.87. The molecule has 0 aliphatic rings. The molecule has 0 aromatic rings. The molecule has 0 aromatic heterocycles. The van der Waals surface area contributed by atoms with Gasteiger partial charge in [0.25, 0.3) is 0 Å². The quantitative estimate of drug-likeness (QED) is 0.211. The van der Waals surface area contributed by atoms with Crippen LogP contribution in [0.3, 0.4) is 0 Å². The van der Waals surface area contributed by atoms with Gasteiger partial charge in [0.05, 0.1) is 45.2 Å². The zero-order valence-corrected chi connectivity index (χ0v) is 13.4. The highest BCUT2D eigenvalue weighted by atomic mass is 16.7. The minimum absolute atomic E-state index is 0.158. The summed E-state index contributed by atoms with van der Waals surface area (Å²) in [4.78, 5) is 11.5. The summed E-state index contributed by atoms with van der Waals surface area (Å²) >= 11 is 0.